The maximum absolute atomic E-state index is 15.7. The molecule has 17 heavy (non-hydrogen) atoms. The lowest BCUT2D eigenvalue weighted by Crippen LogP contribution is -2.57. The van der Waals surface area contributed by atoms with E-state index in [1.165, 1.54) is 12.3 Å². The SMILES string of the molecule is CC(C)(C)[Si](F)(c1ccc(O)nc1)C(C)(C)C. The second-order valence-corrected chi connectivity index (χ2v) is 11.5. The van der Waals surface area contributed by atoms with Gasteiger partial charge in [0, 0.05) is 12.3 Å². The molecule has 0 atom stereocenters. The Bertz CT molecular complexity index is 375. The number of pyridine rings is 1. The molecule has 0 bridgehead atoms. The van der Waals surface area contributed by atoms with Gasteiger partial charge in [0.2, 0.25) is 5.88 Å². The summed E-state index contributed by atoms with van der Waals surface area (Å²) in [4.78, 5) is 3.82. The van der Waals surface area contributed by atoms with E-state index in [2.05, 4.69) is 4.98 Å². The Labute approximate surface area is 104 Å². The minimum absolute atomic E-state index is 0.0621. The van der Waals surface area contributed by atoms with Crippen molar-refractivity contribution in [1.29, 1.82) is 0 Å². The fraction of sp³-hybridized carbons (Fsp3) is 0.615. The second kappa shape index (κ2) is 4.09. The largest absolute Gasteiger partial charge is 0.493 e. The van der Waals surface area contributed by atoms with Gasteiger partial charge in [-0.2, -0.15) is 0 Å². The highest BCUT2D eigenvalue weighted by molar-refractivity contribution is 6.90. The predicted octanol–water partition coefficient (Wildman–Crippen LogP) is 3.51. The van der Waals surface area contributed by atoms with E-state index in [1.54, 1.807) is 6.07 Å². The lowest BCUT2D eigenvalue weighted by atomic mass is 10.2. The summed E-state index contributed by atoms with van der Waals surface area (Å²) >= 11 is 0. The molecule has 0 aliphatic carbocycles. The van der Waals surface area contributed by atoms with Gasteiger partial charge < -0.3 is 9.21 Å². The Hall–Kier alpha value is -0.903. The van der Waals surface area contributed by atoms with Gasteiger partial charge in [0.25, 0.3) is 8.41 Å². The zero-order valence-corrected chi connectivity index (χ0v) is 12.5. The highest BCUT2D eigenvalue weighted by atomic mass is 28.4. The first kappa shape index (κ1) is 14.2. The molecule has 0 unspecified atom stereocenters. The zero-order valence-electron chi connectivity index (χ0n) is 11.5. The van der Waals surface area contributed by atoms with Crippen LogP contribution in [-0.4, -0.2) is 18.5 Å². The number of hydrogen-bond donors (Lipinski definition) is 1. The van der Waals surface area contributed by atoms with Crippen LogP contribution in [0.1, 0.15) is 41.5 Å². The average Bonchev–Trinajstić information content (AvgIpc) is 2.14. The third kappa shape index (κ3) is 2.36. The minimum Gasteiger partial charge on any atom is -0.493 e. The van der Waals surface area contributed by atoms with E-state index >= 15 is 4.11 Å². The van der Waals surface area contributed by atoms with E-state index in [0.29, 0.717) is 5.19 Å². The molecule has 0 aromatic carbocycles. The molecule has 0 saturated heterocycles. The first-order valence-corrected chi connectivity index (χ1v) is 7.72. The van der Waals surface area contributed by atoms with Crippen LogP contribution < -0.4 is 5.19 Å². The van der Waals surface area contributed by atoms with E-state index in [1.807, 2.05) is 41.5 Å². The summed E-state index contributed by atoms with van der Waals surface area (Å²) in [5, 5.41) is 9.03. The number of halogens is 1. The Morgan fingerprint density at radius 1 is 1.06 bits per heavy atom. The molecule has 1 aromatic heterocycles. The van der Waals surface area contributed by atoms with Crippen molar-refractivity contribution in [2.45, 2.75) is 51.6 Å². The summed E-state index contributed by atoms with van der Waals surface area (Å²) in [5.74, 6) is -0.0621. The molecular formula is C13H22FNOSi. The lowest BCUT2D eigenvalue weighted by molar-refractivity contribution is 0.453. The van der Waals surface area contributed by atoms with Crippen LogP contribution in [0.25, 0.3) is 0 Å². The van der Waals surface area contributed by atoms with Crippen LogP contribution in [0.2, 0.25) is 10.1 Å². The van der Waals surface area contributed by atoms with Crippen molar-refractivity contribution in [3.63, 3.8) is 0 Å². The molecule has 1 N–H and O–H groups in total. The third-order valence-electron chi connectivity index (χ3n) is 3.21. The van der Waals surface area contributed by atoms with Crippen LogP contribution in [0, 0.1) is 0 Å². The van der Waals surface area contributed by atoms with Crippen LogP contribution >= 0.6 is 0 Å². The van der Waals surface area contributed by atoms with Gasteiger partial charge in [0.1, 0.15) is 0 Å². The van der Waals surface area contributed by atoms with Crippen LogP contribution in [0.4, 0.5) is 4.11 Å². The Balaban J connectivity index is 3.41. The fourth-order valence-electron chi connectivity index (χ4n) is 2.58. The number of nitrogens with zero attached hydrogens (tertiary/aromatic N) is 1. The van der Waals surface area contributed by atoms with Gasteiger partial charge in [-0.1, -0.05) is 47.6 Å². The summed E-state index contributed by atoms with van der Waals surface area (Å²) in [6.45, 7) is 11.7. The average molecular weight is 255 g/mol. The summed E-state index contributed by atoms with van der Waals surface area (Å²) in [6.07, 6.45) is 1.48. The number of rotatable bonds is 1. The summed E-state index contributed by atoms with van der Waals surface area (Å²) < 4.78 is 15.7. The van der Waals surface area contributed by atoms with Crippen molar-refractivity contribution < 1.29 is 9.21 Å². The molecule has 2 nitrogen and oxygen atoms in total. The first-order chi connectivity index (χ1) is 7.50. The molecular weight excluding hydrogens is 233 g/mol. The quantitative estimate of drug-likeness (QED) is 0.615. The maximum atomic E-state index is 15.7. The van der Waals surface area contributed by atoms with Gasteiger partial charge >= 0.3 is 0 Å². The van der Waals surface area contributed by atoms with E-state index in [0.717, 1.165) is 0 Å². The molecule has 0 amide bonds. The van der Waals surface area contributed by atoms with Gasteiger partial charge in [0.15, 0.2) is 0 Å². The van der Waals surface area contributed by atoms with Gasteiger partial charge in [-0.25, -0.2) is 4.98 Å². The molecule has 0 fully saturated rings. The molecule has 1 rings (SSSR count). The topological polar surface area (TPSA) is 33.1 Å². The van der Waals surface area contributed by atoms with E-state index in [9.17, 15) is 5.11 Å². The van der Waals surface area contributed by atoms with Crippen LogP contribution in [0.5, 0.6) is 5.88 Å². The van der Waals surface area contributed by atoms with Crippen LogP contribution in [0.3, 0.4) is 0 Å². The zero-order chi connectivity index (χ0) is 13.5. The van der Waals surface area contributed by atoms with Gasteiger partial charge in [0.05, 0.1) is 0 Å². The molecule has 0 aliphatic rings. The van der Waals surface area contributed by atoms with Gasteiger partial charge in [-0.15, -0.1) is 0 Å². The van der Waals surface area contributed by atoms with Crippen molar-refractivity contribution >= 4 is 13.6 Å². The second-order valence-electron chi connectivity index (χ2n) is 6.56. The van der Waals surface area contributed by atoms with Crippen molar-refractivity contribution in [2.75, 3.05) is 0 Å². The normalized spacial score (nSPS) is 13.8. The molecule has 1 heterocycles. The summed E-state index contributed by atoms with van der Waals surface area (Å²) in [5.41, 5.74) is 0. The smallest absolute Gasteiger partial charge is 0.289 e. The first-order valence-electron chi connectivity index (χ1n) is 5.84. The molecule has 96 valence electrons. The van der Waals surface area contributed by atoms with E-state index in [4.69, 9.17) is 0 Å². The molecule has 0 aliphatic heterocycles. The lowest BCUT2D eigenvalue weighted by Gasteiger charge is -2.44. The van der Waals surface area contributed by atoms with Crippen molar-refractivity contribution in [3.05, 3.63) is 18.3 Å². The predicted molar refractivity (Wildman–Crippen MR) is 71.8 cm³/mol. The Kier molecular flexibility index (Phi) is 3.40. The molecule has 4 heteroatoms. The number of aromatic nitrogens is 1. The molecule has 1 aromatic rings. The van der Waals surface area contributed by atoms with Crippen molar-refractivity contribution in [3.8, 4) is 5.88 Å². The molecule has 0 radical (unpaired) electrons. The summed E-state index contributed by atoms with van der Waals surface area (Å²) in [7, 11) is -3.23. The van der Waals surface area contributed by atoms with E-state index < -0.39 is 18.5 Å². The number of aromatic hydroxyl groups is 1. The Morgan fingerprint density at radius 2 is 1.53 bits per heavy atom. The molecule has 0 saturated carbocycles. The van der Waals surface area contributed by atoms with Gasteiger partial charge in [-0.05, 0) is 15.3 Å². The Morgan fingerprint density at radius 3 is 1.82 bits per heavy atom. The highest BCUT2D eigenvalue weighted by Crippen LogP contribution is 2.51. The fourth-order valence-corrected chi connectivity index (χ4v) is 7.12. The highest BCUT2D eigenvalue weighted by Gasteiger charge is 2.56. The van der Waals surface area contributed by atoms with Crippen LogP contribution in [-0.2, 0) is 0 Å². The van der Waals surface area contributed by atoms with Crippen molar-refractivity contribution in [2.24, 2.45) is 0 Å². The minimum atomic E-state index is -3.23. The number of hydrogen-bond acceptors (Lipinski definition) is 2. The van der Waals surface area contributed by atoms with Crippen molar-refractivity contribution in [1.82, 2.24) is 4.98 Å². The maximum Gasteiger partial charge on any atom is 0.289 e. The standard InChI is InChI=1S/C13H22FNOSi/c1-12(2,3)17(14,13(4,5)6)10-7-8-11(16)15-9-10/h7-9H,1-6H3,(H,15,16). The van der Waals surface area contributed by atoms with E-state index in [-0.39, 0.29) is 5.88 Å². The van der Waals surface area contributed by atoms with Gasteiger partial charge in [-0.3, -0.25) is 0 Å². The van der Waals surface area contributed by atoms with Crippen LogP contribution in [0.15, 0.2) is 18.3 Å². The third-order valence-corrected chi connectivity index (χ3v) is 8.44. The monoisotopic (exact) mass is 255 g/mol. The molecule has 0 spiro atoms. The summed E-state index contributed by atoms with van der Waals surface area (Å²) in [6, 6.07) is 3.14.